The summed E-state index contributed by atoms with van der Waals surface area (Å²) in [5.41, 5.74) is 1.75. The Hall–Kier alpha value is -2.14. The summed E-state index contributed by atoms with van der Waals surface area (Å²) in [6.45, 7) is 3.57. The van der Waals surface area contributed by atoms with Crippen molar-refractivity contribution in [2.75, 3.05) is 13.2 Å². The maximum Gasteiger partial charge on any atom is 0.161 e. The normalized spacial score (nSPS) is 14.7. The van der Waals surface area contributed by atoms with Crippen molar-refractivity contribution < 1.29 is 18.3 Å². The average Bonchev–Trinajstić information content (AvgIpc) is 2.55. The van der Waals surface area contributed by atoms with Crippen molar-refractivity contribution in [3.63, 3.8) is 0 Å². The zero-order valence-electron chi connectivity index (χ0n) is 12.2. The molecule has 0 aromatic heterocycles. The van der Waals surface area contributed by atoms with Gasteiger partial charge in [-0.15, -0.1) is 0 Å². The molecule has 0 bridgehead atoms. The van der Waals surface area contributed by atoms with Gasteiger partial charge < -0.3 is 14.8 Å². The Bertz CT molecular complexity index is 676. The molecule has 1 heterocycles. The minimum Gasteiger partial charge on any atom is -0.486 e. The Labute approximate surface area is 127 Å². The van der Waals surface area contributed by atoms with E-state index in [4.69, 9.17) is 9.47 Å². The third-order valence-electron chi connectivity index (χ3n) is 3.66. The predicted octanol–water partition coefficient (Wildman–Crippen LogP) is 3.59. The first-order valence-corrected chi connectivity index (χ1v) is 7.20. The molecule has 0 radical (unpaired) electrons. The van der Waals surface area contributed by atoms with Crippen LogP contribution in [0.5, 0.6) is 11.5 Å². The second kappa shape index (κ2) is 6.32. The van der Waals surface area contributed by atoms with Crippen LogP contribution >= 0.6 is 0 Å². The van der Waals surface area contributed by atoms with Crippen molar-refractivity contribution in [3.8, 4) is 11.5 Å². The van der Waals surface area contributed by atoms with Gasteiger partial charge in [0.15, 0.2) is 23.1 Å². The summed E-state index contributed by atoms with van der Waals surface area (Å²) in [5.74, 6) is -0.164. The van der Waals surface area contributed by atoms with Crippen molar-refractivity contribution >= 4 is 0 Å². The Morgan fingerprint density at radius 1 is 1.00 bits per heavy atom. The van der Waals surface area contributed by atoms with Gasteiger partial charge in [0.1, 0.15) is 13.2 Å². The van der Waals surface area contributed by atoms with Crippen LogP contribution in [0.1, 0.15) is 24.1 Å². The van der Waals surface area contributed by atoms with E-state index >= 15 is 0 Å². The van der Waals surface area contributed by atoms with Gasteiger partial charge in [-0.25, -0.2) is 8.78 Å². The van der Waals surface area contributed by atoms with Crippen LogP contribution in [0.3, 0.4) is 0 Å². The van der Waals surface area contributed by atoms with Gasteiger partial charge in [-0.1, -0.05) is 12.1 Å². The van der Waals surface area contributed by atoms with Crippen LogP contribution in [0.15, 0.2) is 36.4 Å². The predicted molar refractivity (Wildman–Crippen MR) is 79.0 cm³/mol. The topological polar surface area (TPSA) is 30.5 Å². The Morgan fingerprint density at radius 3 is 2.55 bits per heavy atom. The fourth-order valence-corrected chi connectivity index (χ4v) is 2.37. The van der Waals surface area contributed by atoms with E-state index < -0.39 is 11.6 Å². The zero-order chi connectivity index (χ0) is 15.5. The molecule has 1 aliphatic heterocycles. The lowest BCUT2D eigenvalue weighted by atomic mass is 10.1. The number of hydrogen-bond donors (Lipinski definition) is 1. The highest BCUT2D eigenvalue weighted by atomic mass is 19.2. The monoisotopic (exact) mass is 305 g/mol. The van der Waals surface area contributed by atoms with E-state index in [9.17, 15) is 8.78 Å². The molecule has 0 amide bonds. The molecule has 2 aromatic rings. The lowest BCUT2D eigenvalue weighted by Crippen LogP contribution is -2.19. The Morgan fingerprint density at radius 2 is 1.77 bits per heavy atom. The van der Waals surface area contributed by atoms with Gasteiger partial charge in [-0.05, 0) is 42.3 Å². The first kappa shape index (κ1) is 14.8. The highest BCUT2D eigenvalue weighted by Gasteiger charge is 2.14. The molecule has 1 aliphatic rings. The molecule has 1 atom stereocenters. The van der Waals surface area contributed by atoms with Crippen LogP contribution < -0.4 is 14.8 Å². The first-order chi connectivity index (χ1) is 10.6. The van der Waals surface area contributed by atoms with E-state index in [1.807, 2.05) is 25.1 Å². The molecule has 5 heteroatoms. The molecule has 1 unspecified atom stereocenters. The van der Waals surface area contributed by atoms with Crippen LogP contribution in [0.2, 0.25) is 0 Å². The average molecular weight is 305 g/mol. The number of halogens is 2. The van der Waals surface area contributed by atoms with Crippen molar-refractivity contribution in [1.82, 2.24) is 5.32 Å². The van der Waals surface area contributed by atoms with Gasteiger partial charge in [-0.3, -0.25) is 0 Å². The van der Waals surface area contributed by atoms with Gasteiger partial charge in [0.2, 0.25) is 0 Å². The van der Waals surface area contributed by atoms with E-state index in [1.54, 1.807) is 6.07 Å². The van der Waals surface area contributed by atoms with Crippen molar-refractivity contribution in [3.05, 3.63) is 59.2 Å². The first-order valence-electron chi connectivity index (χ1n) is 7.20. The maximum absolute atomic E-state index is 13.2. The largest absolute Gasteiger partial charge is 0.486 e. The second-order valence-corrected chi connectivity index (χ2v) is 5.25. The number of rotatable bonds is 4. The lowest BCUT2D eigenvalue weighted by Gasteiger charge is -2.21. The molecule has 0 aliphatic carbocycles. The quantitative estimate of drug-likeness (QED) is 0.936. The SMILES string of the molecule is CC(NCc1ccc(F)c(F)c1)c1ccc2c(c1)OCCO2. The minimum absolute atomic E-state index is 0.0453. The van der Waals surface area contributed by atoms with Gasteiger partial charge >= 0.3 is 0 Å². The third-order valence-corrected chi connectivity index (χ3v) is 3.66. The summed E-state index contributed by atoms with van der Waals surface area (Å²) >= 11 is 0. The molecule has 0 saturated carbocycles. The summed E-state index contributed by atoms with van der Waals surface area (Å²) in [6.07, 6.45) is 0. The maximum atomic E-state index is 13.2. The van der Waals surface area contributed by atoms with Gasteiger partial charge in [0.25, 0.3) is 0 Å². The Balaban J connectivity index is 1.66. The van der Waals surface area contributed by atoms with Crippen LogP contribution in [0, 0.1) is 11.6 Å². The number of benzene rings is 2. The van der Waals surface area contributed by atoms with Crippen LogP contribution in [-0.4, -0.2) is 13.2 Å². The second-order valence-electron chi connectivity index (χ2n) is 5.25. The smallest absolute Gasteiger partial charge is 0.161 e. The summed E-state index contributed by atoms with van der Waals surface area (Å²) in [4.78, 5) is 0. The molecular formula is C17H17F2NO2. The molecule has 116 valence electrons. The van der Waals surface area contributed by atoms with Crippen molar-refractivity contribution in [1.29, 1.82) is 0 Å². The minimum atomic E-state index is -0.830. The van der Waals surface area contributed by atoms with E-state index in [2.05, 4.69) is 5.32 Å². The van der Waals surface area contributed by atoms with Crippen LogP contribution in [0.4, 0.5) is 8.78 Å². The molecule has 3 nitrogen and oxygen atoms in total. The van der Waals surface area contributed by atoms with Crippen LogP contribution in [-0.2, 0) is 6.54 Å². The molecule has 3 rings (SSSR count). The van der Waals surface area contributed by atoms with Gasteiger partial charge in [-0.2, -0.15) is 0 Å². The molecule has 0 spiro atoms. The standard InChI is InChI=1S/C17H17F2NO2/c1-11(20-10-12-2-4-14(18)15(19)8-12)13-3-5-16-17(9-13)22-7-6-21-16/h2-5,8-9,11,20H,6-7,10H2,1H3. The van der Waals surface area contributed by atoms with E-state index in [-0.39, 0.29) is 6.04 Å². The summed E-state index contributed by atoms with van der Waals surface area (Å²) < 4.78 is 37.1. The van der Waals surface area contributed by atoms with Crippen LogP contribution in [0.25, 0.3) is 0 Å². The van der Waals surface area contributed by atoms with Gasteiger partial charge in [0.05, 0.1) is 0 Å². The van der Waals surface area contributed by atoms with Gasteiger partial charge in [0, 0.05) is 12.6 Å². The number of fused-ring (bicyclic) bond motifs is 1. The Kier molecular flexibility index (Phi) is 4.24. The molecule has 2 aromatic carbocycles. The fraction of sp³-hybridized carbons (Fsp3) is 0.294. The third kappa shape index (κ3) is 3.20. The summed E-state index contributed by atoms with van der Waals surface area (Å²) in [6, 6.07) is 9.76. The van der Waals surface area contributed by atoms with E-state index in [0.29, 0.717) is 25.3 Å². The fourth-order valence-electron chi connectivity index (χ4n) is 2.37. The molecule has 0 fully saturated rings. The number of ether oxygens (including phenoxy) is 2. The molecule has 1 N–H and O–H groups in total. The highest BCUT2D eigenvalue weighted by Crippen LogP contribution is 2.32. The lowest BCUT2D eigenvalue weighted by molar-refractivity contribution is 0.171. The number of nitrogens with one attached hydrogen (secondary N) is 1. The highest BCUT2D eigenvalue weighted by molar-refractivity contribution is 5.44. The summed E-state index contributed by atoms with van der Waals surface area (Å²) in [5, 5.41) is 3.28. The number of hydrogen-bond acceptors (Lipinski definition) is 3. The molecular weight excluding hydrogens is 288 g/mol. The van der Waals surface area contributed by atoms with Crippen molar-refractivity contribution in [2.45, 2.75) is 19.5 Å². The van der Waals surface area contributed by atoms with E-state index in [1.165, 1.54) is 6.07 Å². The van der Waals surface area contributed by atoms with E-state index in [0.717, 1.165) is 23.1 Å². The summed E-state index contributed by atoms with van der Waals surface area (Å²) in [7, 11) is 0. The van der Waals surface area contributed by atoms with Crippen molar-refractivity contribution in [2.24, 2.45) is 0 Å². The zero-order valence-corrected chi connectivity index (χ0v) is 12.2. The molecule has 22 heavy (non-hydrogen) atoms. The molecule has 0 saturated heterocycles.